The van der Waals surface area contributed by atoms with Gasteiger partial charge in [0.05, 0.1) is 17.8 Å². The summed E-state index contributed by atoms with van der Waals surface area (Å²) in [4.78, 5) is 0. The Kier molecular flexibility index (Phi) is 3.78. The summed E-state index contributed by atoms with van der Waals surface area (Å²) in [6, 6.07) is 5.39. The van der Waals surface area contributed by atoms with E-state index in [1.807, 2.05) is 0 Å². The van der Waals surface area contributed by atoms with E-state index in [-0.39, 0.29) is 12.2 Å². The molecule has 17 heavy (non-hydrogen) atoms. The molecule has 5 heteroatoms. The van der Waals surface area contributed by atoms with Crippen LogP contribution in [0, 0.1) is 0 Å². The number of ether oxygens (including phenoxy) is 1. The van der Waals surface area contributed by atoms with Gasteiger partial charge in [-0.25, -0.2) is 0 Å². The van der Waals surface area contributed by atoms with Gasteiger partial charge >= 0.3 is 6.18 Å². The normalized spacial score (nSPS) is 25.2. The van der Waals surface area contributed by atoms with E-state index in [0.717, 1.165) is 24.2 Å². The van der Waals surface area contributed by atoms with Gasteiger partial charge in [-0.2, -0.15) is 13.2 Å². The SMILES string of the molecule is FC(F)(F)c1cccc([C@H]2CC[C@@H](CBr)O2)c1. The second kappa shape index (κ2) is 4.98. The molecule has 1 fully saturated rings. The van der Waals surface area contributed by atoms with E-state index >= 15 is 0 Å². The van der Waals surface area contributed by atoms with Crippen LogP contribution in [0.25, 0.3) is 0 Å². The maximum Gasteiger partial charge on any atom is 0.416 e. The van der Waals surface area contributed by atoms with Crippen LogP contribution in [0.3, 0.4) is 0 Å². The Bertz CT molecular complexity index is 392. The number of benzene rings is 1. The van der Waals surface area contributed by atoms with Crippen molar-refractivity contribution in [1.82, 2.24) is 0 Å². The molecule has 0 bridgehead atoms. The Morgan fingerprint density at radius 1 is 1.29 bits per heavy atom. The Morgan fingerprint density at radius 3 is 2.65 bits per heavy atom. The van der Waals surface area contributed by atoms with Crippen molar-refractivity contribution in [1.29, 1.82) is 0 Å². The van der Waals surface area contributed by atoms with Gasteiger partial charge in [0, 0.05) is 5.33 Å². The molecule has 0 amide bonds. The van der Waals surface area contributed by atoms with Crippen molar-refractivity contribution in [2.24, 2.45) is 0 Å². The molecule has 0 saturated carbocycles. The average Bonchev–Trinajstić information content (AvgIpc) is 2.76. The quantitative estimate of drug-likeness (QED) is 0.739. The summed E-state index contributed by atoms with van der Waals surface area (Å²) in [6.07, 6.45) is -2.73. The van der Waals surface area contributed by atoms with Gasteiger partial charge in [0.1, 0.15) is 0 Å². The minimum Gasteiger partial charge on any atom is -0.369 e. The first-order valence-electron chi connectivity index (χ1n) is 5.39. The fourth-order valence-electron chi connectivity index (χ4n) is 1.98. The summed E-state index contributed by atoms with van der Waals surface area (Å²) in [7, 11) is 0. The van der Waals surface area contributed by atoms with E-state index < -0.39 is 11.7 Å². The fourth-order valence-corrected chi connectivity index (χ4v) is 2.46. The molecular weight excluding hydrogens is 297 g/mol. The fraction of sp³-hybridized carbons (Fsp3) is 0.500. The first-order valence-corrected chi connectivity index (χ1v) is 6.51. The van der Waals surface area contributed by atoms with E-state index in [1.165, 1.54) is 12.1 Å². The van der Waals surface area contributed by atoms with Crippen LogP contribution in [0.5, 0.6) is 0 Å². The van der Waals surface area contributed by atoms with Crippen molar-refractivity contribution in [2.45, 2.75) is 31.2 Å². The first kappa shape index (κ1) is 12.9. The van der Waals surface area contributed by atoms with Crippen LogP contribution in [0.2, 0.25) is 0 Å². The van der Waals surface area contributed by atoms with E-state index in [1.54, 1.807) is 6.07 Å². The Morgan fingerprint density at radius 2 is 2.06 bits per heavy atom. The van der Waals surface area contributed by atoms with Crippen molar-refractivity contribution in [2.75, 3.05) is 5.33 Å². The van der Waals surface area contributed by atoms with Crippen LogP contribution >= 0.6 is 15.9 Å². The standard InChI is InChI=1S/C12H12BrF3O/c13-7-10-4-5-11(17-10)8-2-1-3-9(6-8)12(14,15)16/h1-3,6,10-11H,4-5,7H2/t10-,11+/m0/s1. The minimum absolute atomic E-state index is 0.106. The van der Waals surface area contributed by atoms with E-state index in [2.05, 4.69) is 15.9 Å². The molecule has 94 valence electrons. The number of halogens is 4. The Labute approximate surface area is 106 Å². The van der Waals surface area contributed by atoms with Gasteiger partial charge in [0.25, 0.3) is 0 Å². The van der Waals surface area contributed by atoms with Gasteiger partial charge < -0.3 is 4.74 Å². The van der Waals surface area contributed by atoms with Gasteiger partial charge in [-0.1, -0.05) is 28.1 Å². The molecule has 1 saturated heterocycles. The molecule has 1 heterocycles. The monoisotopic (exact) mass is 308 g/mol. The number of alkyl halides is 4. The lowest BCUT2D eigenvalue weighted by atomic mass is 10.0. The van der Waals surface area contributed by atoms with Crippen molar-refractivity contribution in [3.8, 4) is 0 Å². The molecule has 2 atom stereocenters. The molecule has 1 aliphatic rings. The maximum atomic E-state index is 12.5. The van der Waals surface area contributed by atoms with Gasteiger partial charge in [0.15, 0.2) is 0 Å². The molecule has 0 N–H and O–H groups in total. The highest BCUT2D eigenvalue weighted by atomic mass is 79.9. The molecule has 0 aromatic heterocycles. The zero-order valence-electron chi connectivity index (χ0n) is 9.01. The highest BCUT2D eigenvalue weighted by Gasteiger charge is 2.32. The van der Waals surface area contributed by atoms with Crippen LogP contribution in [0.4, 0.5) is 13.2 Å². The van der Waals surface area contributed by atoms with Crippen molar-refractivity contribution >= 4 is 15.9 Å². The Balaban J connectivity index is 2.17. The number of hydrogen-bond acceptors (Lipinski definition) is 1. The molecule has 1 aromatic rings. The van der Waals surface area contributed by atoms with Crippen LogP contribution < -0.4 is 0 Å². The van der Waals surface area contributed by atoms with Crippen LogP contribution in [0.15, 0.2) is 24.3 Å². The average molecular weight is 309 g/mol. The lowest BCUT2D eigenvalue weighted by Gasteiger charge is -2.14. The third-order valence-corrected chi connectivity index (χ3v) is 3.59. The highest BCUT2D eigenvalue weighted by Crippen LogP contribution is 2.36. The van der Waals surface area contributed by atoms with Crippen LogP contribution in [-0.4, -0.2) is 11.4 Å². The molecule has 0 unspecified atom stereocenters. The van der Waals surface area contributed by atoms with Crippen molar-refractivity contribution < 1.29 is 17.9 Å². The Hall–Kier alpha value is -0.550. The van der Waals surface area contributed by atoms with E-state index in [4.69, 9.17) is 4.74 Å². The largest absolute Gasteiger partial charge is 0.416 e. The third-order valence-electron chi connectivity index (χ3n) is 2.87. The van der Waals surface area contributed by atoms with Gasteiger partial charge in [-0.05, 0) is 30.5 Å². The summed E-state index contributed by atoms with van der Waals surface area (Å²) in [5.74, 6) is 0. The topological polar surface area (TPSA) is 9.23 Å². The predicted molar refractivity (Wildman–Crippen MR) is 62.1 cm³/mol. The number of rotatable bonds is 2. The maximum absolute atomic E-state index is 12.5. The van der Waals surface area contributed by atoms with Gasteiger partial charge in [-0.15, -0.1) is 0 Å². The molecule has 0 radical (unpaired) electrons. The zero-order valence-corrected chi connectivity index (χ0v) is 10.6. The molecule has 0 spiro atoms. The lowest BCUT2D eigenvalue weighted by Crippen LogP contribution is -2.09. The summed E-state index contributed by atoms with van der Waals surface area (Å²) in [6.45, 7) is 0. The summed E-state index contributed by atoms with van der Waals surface area (Å²) in [5.41, 5.74) is 0.00386. The summed E-state index contributed by atoms with van der Waals surface area (Å²) >= 11 is 3.32. The van der Waals surface area contributed by atoms with Crippen molar-refractivity contribution in [3.63, 3.8) is 0 Å². The van der Waals surface area contributed by atoms with Crippen LogP contribution in [0.1, 0.15) is 30.1 Å². The second-order valence-corrected chi connectivity index (χ2v) is 4.75. The lowest BCUT2D eigenvalue weighted by molar-refractivity contribution is -0.137. The zero-order chi connectivity index (χ0) is 12.5. The minimum atomic E-state index is -4.29. The summed E-state index contributed by atoms with van der Waals surface area (Å²) in [5, 5.41) is 0.725. The van der Waals surface area contributed by atoms with Gasteiger partial charge in [0.2, 0.25) is 0 Å². The van der Waals surface area contributed by atoms with Gasteiger partial charge in [-0.3, -0.25) is 0 Å². The second-order valence-electron chi connectivity index (χ2n) is 4.10. The smallest absolute Gasteiger partial charge is 0.369 e. The highest BCUT2D eigenvalue weighted by molar-refractivity contribution is 9.09. The molecular formula is C12H12BrF3O. The summed E-state index contributed by atoms with van der Waals surface area (Å²) < 4.78 is 43.3. The van der Waals surface area contributed by atoms with E-state index in [0.29, 0.717) is 5.56 Å². The molecule has 0 aliphatic carbocycles. The molecule has 1 nitrogen and oxygen atoms in total. The predicted octanol–water partition coefficient (Wildman–Crippen LogP) is 4.32. The van der Waals surface area contributed by atoms with Crippen molar-refractivity contribution in [3.05, 3.63) is 35.4 Å². The molecule has 1 aliphatic heterocycles. The van der Waals surface area contributed by atoms with E-state index in [9.17, 15) is 13.2 Å². The van der Waals surface area contributed by atoms with Crippen LogP contribution in [-0.2, 0) is 10.9 Å². The molecule has 2 rings (SSSR count). The molecule has 1 aromatic carbocycles. The third kappa shape index (κ3) is 3.01. The number of hydrogen-bond donors (Lipinski definition) is 0. The first-order chi connectivity index (χ1) is 8.00.